The van der Waals surface area contributed by atoms with E-state index in [1.807, 2.05) is 51.1 Å². The number of esters is 4. The summed E-state index contributed by atoms with van der Waals surface area (Å²) in [6, 6.07) is 8.17. The molecule has 0 radical (unpaired) electrons. The van der Waals surface area contributed by atoms with Crippen molar-refractivity contribution in [3.05, 3.63) is 94.5 Å². The molecule has 19 nitrogen and oxygen atoms in total. The predicted octanol–water partition coefficient (Wildman–Crippen LogP) is 3.24. The van der Waals surface area contributed by atoms with E-state index in [1.54, 1.807) is 20.3 Å². The molecular formula is C61H81N2NaO17. The van der Waals surface area contributed by atoms with Gasteiger partial charge in [0.05, 0.1) is 57.1 Å². The van der Waals surface area contributed by atoms with Gasteiger partial charge in [-0.15, -0.1) is 0 Å². The Morgan fingerprint density at radius 1 is 0.704 bits per heavy atom. The minimum absolute atomic E-state index is 0. The Morgan fingerprint density at radius 2 is 1.15 bits per heavy atom. The Labute approximate surface area is 498 Å². The number of cyclic esters (lactones) is 1. The fraction of sp³-hybridized carbons (Fsp3) is 0.607. The predicted molar refractivity (Wildman–Crippen MR) is 291 cm³/mol. The Bertz CT molecular complexity index is 2770. The van der Waals surface area contributed by atoms with Crippen LogP contribution < -0.4 is 53.6 Å². The molecular weight excluding hydrogens is 1060 g/mol. The summed E-state index contributed by atoms with van der Waals surface area (Å²) in [6.07, 6.45) is 15.7. The molecule has 2 N–H and O–H groups in total. The molecule has 7 aliphatic heterocycles. The van der Waals surface area contributed by atoms with Crippen molar-refractivity contribution in [3.8, 4) is 23.0 Å². The summed E-state index contributed by atoms with van der Waals surface area (Å²) in [5.41, 5.74) is 0.0811. The van der Waals surface area contributed by atoms with Crippen molar-refractivity contribution >= 4 is 23.9 Å². The molecule has 3 fully saturated rings. The number of carbonyl (C=O) groups excluding carboxylic acids is 4. The number of hydrogen-bond donors (Lipinski definition) is 2. The molecule has 0 aromatic heterocycles. The van der Waals surface area contributed by atoms with Crippen LogP contribution in [0.5, 0.6) is 23.0 Å². The molecule has 3 saturated heterocycles. The molecule has 0 amide bonds. The van der Waals surface area contributed by atoms with Gasteiger partial charge in [0.1, 0.15) is 11.5 Å². The van der Waals surface area contributed by atoms with Crippen LogP contribution in [-0.4, -0.2) is 154 Å². The van der Waals surface area contributed by atoms with Crippen molar-refractivity contribution in [1.29, 1.82) is 0 Å². The topological polar surface area (TPSA) is 231 Å². The Kier molecular flexibility index (Phi) is 19.9. The van der Waals surface area contributed by atoms with Gasteiger partial charge < -0.3 is 62.7 Å². The summed E-state index contributed by atoms with van der Waals surface area (Å²) in [6.45, 7) is 16.3. The number of nitrogens with zero attached hydrogens (tertiary/aromatic N) is 2. The second-order valence-corrected chi connectivity index (χ2v) is 24.0. The fourth-order valence-corrected chi connectivity index (χ4v) is 13.1. The molecule has 7 heterocycles. The maximum absolute atomic E-state index is 13.8. The molecule has 2 spiro atoms. The van der Waals surface area contributed by atoms with Crippen molar-refractivity contribution in [3.63, 3.8) is 0 Å². The quantitative estimate of drug-likeness (QED) is 0.135. The summed E-state index contributed by atoms with van der Waals surface area (Å²) in [4.78, 5) is 56.6. The van der Waals surface area contributed by atoms with Crippen LogP contribution in [0, 0.1) is 10.8 Å². The standard InChI is InChI=1S/C30H39NO8.C29H35NO7.CH4O.CH3O.Na/c1-28(2,3)9-6-11-30(34,17-24(32)36-5)27(33)39-26-23(35-4)16-29-10-7-12-31(29)13-8-19-14-21-22(38-18-37-21)15-20(19)25(26)29;1-27(2,3)8-5-10-29(16-23(31)37-29)26(32)36-25-22(33-4)15-28-9-6-11-30(28)12-7-18-13-20-21(35-17-34-20)14-19(18)24(25)28;2*1-2;/h6,9,14-16,25-26,34H,7-8,10-13,17-18H2,1-5H3;5,8,13-15,24-25H,6-7,9-12,16-17H2,1-4H3;2H,1H3;1H3;/q;;;-1;+1/b9-6+;8-5+;;;/t25-,26-,29+,30-;24-,25-,28+,29-;;;/m11.../s1. The normalized spacial score (nSPS) is 27.9. The van der Waals surface area contributed by atoms with Crippen molar-refractivity contribution in [1.82, 2.24) is 9.80 Å². The first-order chi connectivity index (χ1) is 38.1. The molecule has 8 atom stereocenters. The molecule has 2 aromatic carbocycles. The van der Waals surface area contributed by atoms with E-state index >= 15 is 0 Å². The average molecular weight is 1140 g/mol. The first-order valence-corrected chi connectivity index (χ1v) is 27.7. The van der Waals surface area contributed by atoms with E-state index < -0.39 is 53.3 Å². The van der Waals surface area contributed by atoms with Gasteiger partial charge in [-0.25, -0.2) is 9.59 Å². The van der Waals surface area contributed by atoms with Crippen molar-refractivity contribution in [2.75, 3.05) is 75.3 Å². The minimum atomic E-state index is -2.10. The zero-order chi connectivity index (χ0) is 58.0. The summed E-state index contributed by atoms with van der Waals surface area (Å²) in [5, 5.41) is 26.8. The third-order valence-corrected chi connectivity index (χ3v) is 16.7. The van der Waals surface area contributed by atoms with Crippen LogP contribution in [-0.2, 0) is 60.4 Å². The number of ether oxygens (including phenoxy) is 10. The smallest absolute Gasteiger partial charge is 0.857 e. The Hall–Kier alpha value is -5.12. The van der Waals surface area contributed by atoms with Crippen molar-refractivity contribution in [2.45, 2.75) is 152 Å². The third-order valence-electron chi connectivity index (χ3n) is 16.7. The van der Waals surface area contributed by atoms with Gasteiger partial charge in [-0.2, -0.15) is 7.11 Å². The Morgan fingerprint density at radius 3 is 1.58 bits per heavy atom. The maximum Gasteiger partial charge on any atom is 1.00 e. The number of aliphatic hydroxyl groups is 2. The minimum Gasteiger partial charge on any atom is -0.857 e. The Balaban J connectivity index is 0.000000218. The van der Waals surface area contributed by atoms with E-state index in [-0.39, 0.29) is 96.6 Å². The van der Waals surface area contributed by atoms with Crippen molar-refractivity contribution in [2.24, 2.45) is 10.8 Å². The van der Waals surface area contributed by atoms with Crippen molar-refractivity contribution < 1.29 is 111 Å². The van der Waals surface area contributed by atoms with Crippen LogP contribution in [0.25, 0.3) is 0 Å². The van der Waals surface area contributed by atoms with E-state index in [9.17, 15) is 24.3 Å². The average Bonchev–Trinajstić information content (AvgIpc) is 3.41. The number of fused-ring (bicyclic) bond motifs is 6. The number of allylic oxidation sites excluding steroid dienone is 2. The van der Waals surface area contributed by atoms with Gasteiger partial charge in [0, 0.05) is 33.0 Å². The van der Waals surface area contributed by atoms with Gasteiger partial charge in [-0.1, -0.05) is 65.8 Å². The third kappa shape index (κ3) is 12.6. The van der Waals surface area contributed by atoms with E-state index in [0.29, 0.717) is 23.0 Å². The van der Waals surface area contributed by atoms with Crippen LogP contribution in [0.4, 0.5) is 0 Å². The SMILES string of the molecule is CO.COC(=O)C[C@](O)(C/C=C/C(C)(C)C)C(=O)O[C@@H]1C(OC)=C[C@]23CCCN2CCc2cc4c(cc2[C@H]13)OCO4.COC1=C[C@]23CCCN2CCc2cc4c(cc2[C@@H]3[C@@H]1OC(=O)[C@@]1(C/C=C/C(C)(C)C)CC(=O)O1)OCO4.C[O-].[Na+]. The number of hydrogen-bond acceptors (Lipinski definition) is 19. The molecule has 438 valence electrons. The molecule has 9 aliphatic rings. The maximum atomic E-state index is 13.8. The monoisotopic (exact) mass is 1140 g/mol. The number of rotatable bonds is 12. The molecule has 20 heteroatoms. The summed E-state index contributed by atoms with van der Waals surface area (Å²) < 4.78 is 57.3. The molecule has 11 rings (SSSR count). The number of aliphatic hydroxyl groups excluding tert-OH is 1. The summed E-state index contributed by atoms with van der Waals surface area (Å²) in [7, 11) is 6.17. The van der Waals surface area contributed by atoms with Gasteiger partial charge in [0.25, 0.3) is 0 Å². The number of methoxy groups -OCH3 is 3. The zero-order valence-corrected chi connectivity index (χ0v) is 51.3. The molecule has 81 heavy (non-hydrogen) atoms. The molecule has 0 bridgehead atoms. The van der Waals surface area contributed by atoms with Gasteiger partial charge in [0.15, 0.2) is 40.8 Å². The zero-order valence-electron chi connectivity index (χ0n) is 49.3. The molecule has 2 aromatic rings. The van der Waals surface area contributed by atoms with Gasteiger partial charge in [-0.05, 0) is 121 Å². The first kappa shape index (κ1) is 63.5. The van der Waals surface area contributed by atoms with Crippen LogP contribution in [0.3, 0.4) is 0 Å². The van der Waals surface area contributed by atoms with Crippen LogP contribution in [0.1, 0.15) is 127 Å². The number of benzene rings is 2. The van der Waals surface area contributed by atoms with Crippen LogP contribution >= 0.6 is 0 Å². The van der Waals surface area contributed by atoms with E-state index in [2.05, 4.69) is 54.9 Å². The van der Waals surface area contributed by atoms with E-state index in [0.717, 1.165) is 107 Å². The second-order valence-electron chi connectivity index (χ2n) is 24.0. The van der Waals surface area contributed by atoms with Gasteiger partial charge in [-0.3, -0.25) is 19.4 Å². The fourth-order valence-electron chi connectivity index (χ4n) is 13.1. The summed E-state index contributed by atoms with van der Waals surface area (Å²) in [5.74, 6) is 1.10. The van der Waals surface area contributed by atoms with Crippen LogP contribution in [0.2, 0.25) is 0 Å². The molecule has 0 unspecified atom stereocenters. The van der Waals surface area contributed by atoms with E-state index in [1.165, 1.54) is 12.7 Å². The molecule has 0 saturated carbocycles. The first-order valence-electron chi connectivity index (χ1n) is 27.7. The van der Waals surface area contributed by atoms with Gasteiger partial charge in [0.2, 0.25) is 19.2 Å². The van der Waals surface area contributed by atoms with Crippen LogP contribution in [0.15, 0.2) is 72.2 Å². The second kappa shape index (κ2) is 25.4. The van der Waals surface area contributed by atoms with Gasteiger partial charge >= 0.3 is 53.4 Å². The summed E-state index contributed by atoms with van der Waals surface area (Å²) >= 11 is 0. The molecule has 2 aliphatic carbocycles. The largest absolute Gasteiger partial charge is 1.00 e. The number of carbonyl (C=O) groups is 4. The van der Waals surface area contributed by atoms with E-state index in [4.69, 9.17) is 57.6 Å².